The van der Waals surface area contributed by atoms with Gasteiger partial charge in [0.05, 0.1) is 12.1 Å². The van der Waals surface area contributed by atoms with Crippen LogP contribution < -0.4 is 5.73 Å². The Morgan fingerprint density at radius 1 is 1.33 bits per heavy atom. The molecule has 0 amide bonds. The molecule has 0 aliphatic rings. The number of hydrogen-bond donors (Lipinski definition) is 3. The van der Waals surface area contributed by atoms with Gasteiger partial charge in [-0.1, -0.05) is 26.3 Å². The summed E-state index contributed by atoms with van der Waals surface area (Å²) in [4.78, 5) is 3.15. The second-order valence-corrected chi connectivity index (χ2v) is 4.73. The van der Waals surface area contributed by atoms with E-state index < -0.39 is 6.10 Å². The number of benzene rings is 1. The number of rotatable bonds is 4. The first-order valence-corrected chi connectivity index (χ1v) is 6.14. The van der Waals surface area contributed by atoms with E-state index in [2.05, 4.69) is 11.9 Å². The molecule has 1 aromatic carbocycles. The monoisotopic (exact) mass is 268 g/mol. The summed E-state index contributed by atoms with van der Waals surface area (Å²) in [5.41, 5.74) is 8.20. The fourth-order valence-electron chi connectivity index (χ4n) is 2.07. The molecule has 0 radical (unpaired) electrons. The molecular formula is C14H21ClN2O. The molecule has 1 unspecified atom stereocenters. The van der Waals surface area contributed by atoms with E-state index in [0.717, 1.165) is 22.9 Å². The Morgan fingerprint density at radius 3 is 2.72 bits per heavy atom. The molecule has 0 bridgehead atoms. The number of nitrogens with two attached hydrogens (primary N) is 1. The van der Waals surface area contributed by atoms with Gasteiger partial charge in [-0.05, 0) is 35.1 Å². The fourth-order valence-corrected chi connectivity index (χ4v) is 2.07. The predicted octanol–water partition coefficient (Wildman–Crippen LogP) is 3.00. The van der Waals surface area contributed by atoms with E-state index in [1.165, 1.54) is 0 Å². The molecule has 100 valence electrons. The van der Waals surface area contributed by atoms with E-state index in [0.29, 0.717) is 0 Å². The highest BCUT2D eigenvalue weighted by molar-refractivity contribution is 5.85. The number of fused-ring (bicyclic) bond motifs is 1. The predicted molar refractivity (Wildman–Crippen MR) is 77.9 cm³/mol. The molecule has 3 atom stereocenters. The van der Waals surface area contributed by atoms with Gasteiger partial charge in [-0.25, -0.2) is 0 Å². The van der Waals surface area contributed by atoms with Crippen LogP contribution in [0.25, 0.3) is 10.9 Å². The van der Waals surface area contributed by atoms with Crippen molar-refractivity contribution in [2.24, 2.45) is 11.7 Å². The Labute approximate surface area is 114 Å². The van der Waals surface area contributed by atoms with Gasteiger partial charge in [-0.2, -0.15) is 0 Å². The molecule has 0 aliphatic carbocycles. The minimum atomic E-state index is -0.489. The molecule has 0 aliphatic heterocycles. The van der Waals surface area contributed by atoms with Crippen molar-refractivity contribution in [3.63, 3.8) is 0 Å². The number of hydrogen-bond acceptors (Lipinski definition) is 2. The molecular weight excluding hydrogens is 248 g/mol. The van der Waals surface area contributed by atoms with Crippen molar-refractivity contribution in [1.29, 1.82) is 0 Å². The number of aromatic amines is 1. The third-order valence-electron chi connectivity index (χ3n) is 3.56. The van der Waals surface area contributed by atoms with Gasteiger partial charge in [0.15, 0.2) is 0 Å². The van der Waals surface area contributed by atoms with Gasteiger partial charge in [-0.3, -0.25) is 0 Å². The summed E-state index contributed by atoms with van der Waals surface area (Å²) in [5.74, 6) is 0.215. The Balaban J connectivity index is 0.00000162. The Bertz CT molecular complexity index is 497. The standard InChI is InChI=1S/C14H20N2O.ClH/c1-3-9(2)14(17)13(15)11-4-5-12-10(8-11)6-7-16-12;/h4-9,13-14,16-17H,3,15H2,1-2H3;1H/t9?,13-,14+;/m1./s1. The lowest BCUT2D eigenvalue weighted by Crippen LogP contribution is -2.31. The first kappa shape index (κ1) is 15.0. The van der Waals surface area contributed by atoms with Gasteiger partial charge in [0.25, 0.3) is 0 Å². The maximum atomic E-state index is 10.1. The van der Waals surface area contributed by atoms with Gasteiger partial charge in [0.2, 0.25) is 0 Å². The molecule has 1 aromatic heterocycles. The van der Waals surface area contributed by atoms with E-state index in [1.54, 1.807) is 0 Å². The summed E-state index contributed by atoms with van der Waals surface area (Å²) in [5, 5.41) is 11.3. The number of halogens is 1. The highest BCUT2D eigenvalue weighted by Crippen LogP contribution is 2.24. The van der Waals surface area contributed by atoms with Crippen LogP contribution in [0.3, 0.4) is 0 Å². The lowest BCUT2D eigenvalue weighted by Gasteiger charge is -2.24. The van der Waals surface area contributed by atoms with Crippen molar-refractivity contribution in [3.8, 4) is 0 Å². The average molecular weight is 269 g/mol. The minimum Gasteiger partial charge on any atom is -0.391 e. The van der Waals surface area contributed by atoms with E-state index in [4.69, 9.17) is 5.73 Å². The smallest absolute Gasteiger partial charge is 0.0758 e. The zero-order valence-corrected chi connectivity index (χ0v) is 11.6. The molecule has 1 heterocycles. The number of aromatic nitrogens is 1. The van der Waals surface area contributed by atoms with Gasteiger partial charge in [0.1, 0.15) is 0 Å². The Kier molecular flexibility index (Phi) is 5.20. The molecule has 2 rings (SSSR count). The van der Waals surface area contributed by atoms with Gasteiger partial charge in [-0.15, -0.1) is 12.4 Å². The number of aliphatic hydroxyl groups excluding tert-OH is 1. The molecule has 0 spiro atoms. The summed E-state index contributed by atoms with van der Waals surface area (Å²) >= 11 is 0. The van der Waals surface area contributed by atoms with Crippen LogP contribution in [-0.4, -0.2) is 16.2 Å². The van der Waals surface area contributed by atoms with Gasteiger partial charge < -0.3 is 15.8 Å². The van der Waals surface area contributed by atoms with E-state index in [1.807, 2.05) is 37.4 Å². The average Bonchev–Trinajstić information content (AvgIpc) is 2.83. The maximum absolute atomic E-state index is 10.1. The number of nitrogens with one attached hydrogen (secondary N) is 1. The van der Waals surface area contributed by atoms with Crippen molar-refractivity contribution in [2.75, 3.05) is 0 Å². The number of aliphatic hydroxyl groups is 1. The molecule has 4 heteroatoms. The van der Waals surface area contributed by atoms with Crippen molar-refractivity contribution < 1.29 is 5.11 Å². The highest BCUT2D eigenvalue weighted by atomic mass is 35.5. The molecule has 3 nitrogen and oxygen atoms in total. The van der Waals surface area contributed by atoms with Crippen molar-refractivity contribution in [1.82, 2.24) is 4.98 Å². The second-order valence-electron chi connectivity index (χ2n) is 4.73. The zero-order valence-electron chi connectivity index (χ0n) is 10.8. The third-order valence-corrected chi connectivity index (χ3v) is 3.56. The third kappa shape index (κ3) is 2.86. The SMILES string of the molecule is CCC(C)[C@H](O)[C@H](N)c1ccc2[nH]ccc2c1.Cl. The van der Waals surface area contributed by atoms with Crippen LogP contribution in [0.1, 0.15) is 31.9 Å². The van der Waals surface area contributed by atoms with Gasteiger partial charge >= 0.3 is 0 Å². The summed E-state index contributed by atoms with van der Waals surface area (Å²) in [6, 6.07) is 7.73. The largest absolute Gasteiger partial charge is 0.391 e. The van der Waals surface area contributed by atoms with Crippen LogP contribution in [0.4, 0.5) is 0 Å². The molecule has 0 fully saturated rings. The molecule has 0 saturated carbocycles. The van der Waals surface area contributed by atoms with E-state index in [9.17, 15) is 5.11 Å². The Morgan fingerprint density at radius 2 is 2.06 bits per heavy atom. The maximum Gasteiger partial charge on any atom is 0.0758 e. The second kappa shape index (κ2) is 6.23. The topological polar surface area (TPSA) is 62.0 Å². The summed E-state index contributed by atoms with van der Waals surface area (Å²) in [7, 11) is 0. The number of H-pyrrole nitrogens is 1. The fraction of sp³-hybridized carbons (Fsp3) is 0.429. The minimum absolute atomic E-state index is 0. The van der Waals surface area contributed by atoms with Crippen molar-refractivity contribution in [3.05, 3.63) is 36.0 Å². The van der Waals surface area contributed by atoms with Crippen molar-refractivity contribution >= 4 is 23.3 Å². The van der Waals surface area contributed by atoms with Crippen LogP contribution in [0.15, 0.2) is 30.5 Å². The van der Waals surface area contributed by atoms with Crippen LogP contribution in [0.5, 0.6) is 0 Å². The van der Waals surface area contributed by atoms with Crippen LogP contribution in [0, 0.1) is 5.92 Å². The summed E-state index contributed by atoms with van der Waals surface area (Å²) in [6.45, 7) is 4.09. The van der Waals surface area contributed by atoms with E-state index >= 15 is 0 Å². The lowest BCUT2D eigenvalue weighted by atomic mass is 9.91. The quantitative estimate of drug-likeness (QED) is 0.798. The highest BCUT2D eigenvalue weighted by Gasteiger charge is 2.21. The summed E-state index contributed by atoms with van der Waals surface area (Å²) < 4.78 is 0. The van der Waals surface area contributed by atoms with Crippen LogP contribution in [-0.2, 0) is 0 Å². The van der Waals surface area contributed by atoms with E-state index in [-0.39, 0.29) is 24.4 Å². The molecule has 0 saturated heterocycles. The first-order valence-electron chi connectivity index (χ1n) is 6.14. The van der Waals surface area contributed by atoms with Crippen LogP contribution in [0.2, 0.25) is 0 Å². The zero-order chi connectivity index (χ0) is 12.4. The Hall–Kier alpha value is -1.03. The van der Waals surface area contributed by atoms with Crippen molar-refractivity contribution in [2.45, 2.75) is 32.4 Å². The lowest BCUT2D eigenvalue weighted by molar-refractivity contribution is 0.0880. The van der Waals surface area contributed by atoms with Crippen LogP contribution >= 0.6 is 12.4 Å². The normalized spacial score (nSPS) is 16.0. The molecule has 2 aromatic rings. The van der Waals surface area contributed by atoms with Gasteiger partial charge in [0, 0.05) is 11.7 Å². The molecule has 4 N–H and O–H groups in total. The first-order chi connectivity index (χ1) is 8.13. The molecule has 18 heavy (non-hydrogen) atoms. The summed E-state index contributed by atoms with van der Waals surface area (Å²) in [6.07, 6.45) is 2.35.